The van der Waals surface area contributed by atoms with Crippen LogP contribution >= 0.6 is 0 Å². The Morgan fingerprint density at radius 1 is 0.906 bits per heavy atom. The van der Waals surface area contributed by atoms with Gasteiger partial charge in [-0.1, -0.05) is 51.1 Å². The monoisotopic (exact) mass is 894 g/mol. The van der Waals surface area contributed by atoms with E-state index in [9.17, 15) is 53.4 Å². The highest BCUT2D eigenvalue weighted by Crippen LogP contribution is 2.19. The fourth-order valence-corrected chi connectivity index (χ4v) is 7.12. The molecule has 0 saturated heterocycles. The molecular weight excluding hydrogens is 837 g/mol. The number of aryl methyl sites for hydroxylation is 1. The summed E-state index contributed by atoms with van der Waals surface area (Å²) in [6.07, 6.45) is 1.34. The maximum absolute atomic E-state index is 14.2. The number of fused-ring (bicyclic) bond motifs is 2. The van der Waals surface area contributed by atoms with Gasteiger partial charge in [0.25, 0.3) is 0 Å². The third-order valence-corrected chi connectivity index (χ3v) is 10.5. The van der Waals surface area contributed by atoms with Crippen LogP contribution in [0.3, 0.4) is 0 Å². The summed E-state index contributed by atoms with van der Waals surface area (Å²) in [5.74, 6) is -8.87. The van der Waals surface area contributed by atoms with Gasteiger partial charge in [0.15, 0.2) is 0 Å². The van der Waals surface area contributed by atoms with E-state index in [2.05, 4.69) is 52.5 Å². The molecule has 0 unspecified atom stereocenters. The number of benzene rings is 1. The molecule has 8 amide bonds. The molecule has 0 fully saturated rings. The van der Waals surface area contributed by atoms with E-state index in [1.54, 1.807) is 33.9 Å². The van der Waals surface area contributed by atoms with Crippen LogP contribution in [0.5, 0.6) is 0 Å². The van der Waals surface area contributed by atoms with Crippen molar-refractivity contribution >= 4 is 64.1 Å². The van der Waals surface area contributed by atoms with Crippen molar-refractivity contribution in [1.29, 1.82) is 0 Å². The van der Waals surface area contributed by atoms with Crippen molar-refractivity contribution in [1.82, 2.24) is 57.2 Å². The minimum atomic E-state index is -1.72. The number of aromatic amines is 1. The molecule has 23 nitrogen and oxygen atoms in total. The van der Waals surface area contributed by atoms with Crippen LogP contribution in [0.1, 0.15) is 71.6 Å². The minimum Gasteiger partial charge on any atom is -0.481 e. The summed E-state index contributed by atoms with van der Waals surface area (Å²) in [7, 11) is 0. The second-order valence-electron chi connectivity index (χ2n) is 16.4. The van der Waals surface area contributed by atoms with Crippen LogP contribution in [-0.4, -0.2) is 132 Å². The Morgan fingerprint density at radius 2 is 1.56 bits per heavy atom. The van der Waals surface area contributed by atoms with Gasteiger partial charge >= 0.3 is 5.97 Å². The molecule has 12 N–H and O–H groups in total. The molecule has 0 radical (unpaired) electrons. The summed E-state index contributed by atoms with van der Waals surface area (Å²) >= 11 is 0. The highest BCUT2D eigenvalue weighted by atomic mass is 16.4. The first-order valence-electron chi connectivity index (χ1n) is 20.9. The topological polar surface area (TPSA) is 351 Å². The van der Waals surface area contributed by atoms with E-state index in [0.29, 0.717) is 5.56 Å². The number of carbonyl (C=O) groups is 9. The lowest BCUT2D eigenvalue weighted by atomic mass is 10.0. The smallest absolute Gasteiger partial charge is 0.303 e. The minimum absolute atomic E-state index is 0.0135. The van der Waals surface area contributed by atoms with Gasteiger partial charge in [-0.3, -0.25) is 43.2 Å². The molecule has 0 bridgehead atoms. The Morgan fingerprint density at radius 3 is 2.20 bits per heavy atom. The largest absolute Gasteiger partial charge is 0.481 e. The number of para-hydroxylation sites is 1. The van der Waals surface area contributed by atoms with Crippen molar-refractivity contribution < 1.29 is 53.4 Å². The SMILES string of the molecule is CC(=O)N[C@H](C(=O)N[C@H]1Cc2cnnn2CC[C@@H](C(=O)N[C@@H](Cc2c[nH]c3ccccc23)C(N)=O)NC(=O)[C@H](CC(C)C)NC(=O)[C@H](CCC(=O)O)NC(=O)[C@H](CO)NC1=O)C(C)C. The number of primary amides is 1. The Kier molecular flexibility index (Phi) is 17.9. The zero-order chi connectivity index (χ0) is 47.2. The molecule has 2 aromatic heterocycles. The summed E-state index contributed by atoms with van der Waals surface area (Å²) in [6, 6.07) is -2.64. The first kappa shape index (κ1) is 49.7. The molecule has 0 aliphatic carbocycles. The van der Waals surface area contributed by atoms with Gasteiger partial charge in [0.2, 0.25) is 47.3 Å². The number of rotatable bonds is 15. The van der Waals surface area contributed by atoms with E-state index in [0.717, 1.165) is 10.9 Å². The number of aromatic nitrogens is 4. The van der Waals surface area contributed by atoms with Crippen molar-refractivity contribution in [3.8, 4) is 0 Å². The number of amides is 8. The van der Waals surface area contributed by atoms with E-state index in [1.165, 1.54) is 17.8 Å². The van der Waals surface area contributed by atoms with Gasteiger partial charge in [0.1, 0.15) is 42.3 Å². The van der Waals surface area contributed by atoms with Gasteiger partial charge in [-0.2, -0.15) is 0 Å². The lowest BCUT2D eigenvalue weighted by Crippen LogP contribution is -2.61. The van der Waals surface area contributed by atoms with Gasteiger partial charge in [-0.15, -0.1) is 5.10 Å². The number of carboxylic acid groups (broad SMARTS) is 1. The van der Waals surface area contributed by atoms with Crippen molar-refractivity contribution in [3.63, 3.8) is 0 Å². The predicted molar refractivity (Wildman–Crippen MR) is 227 cm³/mol. The Labute approximate surface area is 368 Å². The van der Waals surface area contributed by atoms with E-state index in [1.807, 2.05) is 24.3 Å². The number of carbonyl (C=O) groups excluding carboxylic acids is 8. The second kappa shape index (κ2) is 23.0. The van der Waals surface area contributed by atoms with E-state index in [4.69, 9.17) is 5.73 Å². The average Bonchev–Trinajstić information content (AvgIpc) is 3.86. The fraction of sp³-hybridized carbons (Fsp3) is 0.537. The first-order chi connectivity index (χ1) is 30.3. The molecule has 0 spiro atoms. The van der Waals surface area contributed by atoms with Crippen LogP contribution in [0, 0.1) is 11.8 Å². The number of nitrogens with zero attached hydrogens (tertiary/aromatic N) is 3. The summed E-state index contributed by atoms with van der Waals surface area (Å²) < 4.78 is 1.31. The summed E-state index contributed by atoms with van der Waals surface area (Å²) in [4.78, 5) is 123. The number of aliphatic carboxylic acids is 1. The van der Waals surface area contributed by atoms with Crippen molar-refractivity contribution in [2.75, 3.05) is 6.61 Å². The van der Waals surface area contributed by atoms with Crippen LogP contribution in [0.2, 0.25) is 0 Å². The molecule has 3 aromatic rings. The molecule has 0 saturated carbocycles. The predicted octanol–water partition coefficient (Wildman–Crippen LogP) is -2.59. The maximum Gasteiger partial charge on any atom is 0.303 e. The molecule has 1 aliphatic rings. The highest BCUT2D eigenvalue weighted by Gasteiger charge is 2.36. The highest BCUT2D eigenvalue weighted by molar-refractivity contribution is 5.98. The molecule has 23 heteroatoms. The maximum atomic E-state index is 14.2. The Balaban J connectivity index is 1.76. The zero-order valence-corrected chi connectivity index (χ0v) is 36.3. The standard InChI is InChI=1S/C41H58N12O11/c1-20(2)14-30-38(61)47-28(37(60)48-29(35(42)58)15-23-17-43-26-9-7-6-8-25(23)26)12-13-53-24(18-44-52-53)16-31(50-41(64)34(21(3)4)45-22(5)55)39(62)51-32(19-54)40(63)46-27(36(59)49-30)10-11-33(56)57/h6-9,17-18,20-21,27-32,34,43,54H,10-16,19H2,1-5H3,(H2,42,58)(H,45,55)(H,46,63)(H,47,61)(H,48,60)(H,49,59)(H,50,64)(H,51,62)(H,56,57)/t27-,28-,29-,30-,31-,32-,34-/m0/s1. The second-order valence-corrected chi connectivity index (χ2v) is 16.4. The molecule has 64 heavy (non-hydrogen) atoms. The lowest BCUT2D eigenvalue weighted by Gasteiger charge is -2.28. The number of carboxylic acids is 1. The third-order valence-electron chi connectivity index (χ3n) is 10.5. The van der Waals surface area contributed by atoms with Crippen LogP contribution in [0.25, 0.3) is 10.9 Å². The number of nitrogens with two attached hydrogens (primary N) is 1. The van der Waals surface area contributed by atoms with E-state index < -0.39 is 121 Å². The third kappa shape index (κ3) is 14.1. The van der Waals surface area contributed by atoms with Gasteiger partial charge in [-0.25, -0.2) is 4.68 Å². The number of aliphatic hydroxyl groups excluding tert-OH is 1. The molecule has 1 aromatic carbocycles. The van der Waals surface area contributed by atoms with Gasteiger partial charge in [0.05, 0.1) is 18.5 Å². The molecule has 348 valence electrons. The molecule has 1 aliphatic heterocycles. The molecule has 7 atom stereocenters. The zero-order valence-electron chi connectivity index (χ0n) is 36.3. The number of hydrogen-bond acceptors (Lipinski definition) is 12. The van der Waals surface area contributed by atoms with E-state index in [-0.39, 0.29) is 43.8 Å². The molecular formula is C41H58N12O11. The number of H-pyrrole nitrogens is 1. The van der Waals surface area contributed by atoms with Crippen LogP contribution in [0.15, 0.2) is 36.7 Å². The lowest BCUT2D eigenvalue weighted by molar-refractivity contribution is -0.139. The van der Waals surface area contributed by atoms with Gasteiger partial charge < -0.3 is 58.1 Å². The molecule has 3 heterocycles. The fourth-order valence-electron chi connectivity index (χ4n) is 7.12. The Hall–Kier alpha value is -6.91. The summed E-state index contributed by atoms with van der Waals surface area (Å²) in [5.41, 5.74) is 7.48. The average molecular weight is 895 g/mol. The summed E-state index contributed by atoms with van der Waals surface area (Å²) in [6.45, 7) is 6.92. The van der Waals surface area contributed by atoms with Crippen LogP contribution in [0.4, 0.5) is 0 Å². The summed E-state index contributed by atoms with van der Waals surface area (Å²) in [5, 5.41) is 46.3. The number of hydrogen-bond donors (Lipinski definition) is 11. The Bertz CT molecular complexity index is 2190. The van der Waals surface area contributed by atoms with Crippen molar-refractivity contribution in [2.24, 2.45) is 17.6 Å². The van der Waals surface area contributed by atoms with Gasteiger partial charge in [-0.05, 0) is 42.7 Å². The number of nitrogens with one attached hydrogen (secondary N) is 8. The normalized spacial score (nSPS) is 21.2. The van der Waals surface area contributed by atoms with E-state index >= 15 is 0 Å². The quantitative estimate of drug-likeness (QED) is 0.0747. The van der Waals surface area contributed by atoms with Crippen molar-refractivity contribution in [2.45, 2.75) is 122 Å². The first-order valence-corrected chi connectivity index (χ1v) is 20.9. The molecule has 4 rings (SSSR count). The van der Waals surface area contributed by atoms with Crippen molar-refractivity contribution in [3.05, 3.63) is 47.9 Å². The van der Waals surface area contributed by atoms with Crippen LogP contribution < -0.4 is 43.0 Å². The van der Waals surface area contributed by atoms with Crippen LogP contribution in [-0.2, 0) is 62.5 Å². The van der Waals surface area contributed by atoms with Gasteiger partial charge in [0, 0.05) is 49.8 Å². The number of aliphatic hydroxyl groups is 1.